The predicted octanol–water partition coefficient (Wildman–Crippen LogP) is 1.35. The maximum Gasteiger partial charge on any atom is 0.234 e. The zero-order valence-electron chi connectivity index (χ0n) is 14.6. The van der Waals surface area contributed by atoms with Crippen molar-refractivity contribution >= 4 is 29.0 Å². The van der Waals surface area contributed by atoms with Crippen molar-refractivity contribution in [2.75, 3.05) is 11.1 Å². The number of amides is 1. The smallest absolute Gasteiger partial charge is 0.234 e. The lowest BCUT2D eigenvalue weighted by Gasteiger charge is -2.07. The third-order valence-corrected chi connectivity index (χ3v) is 4.79. The van der Waals surface area contributed by atoms with Crippen LogP contribution >= 0.6 is 11.8 Å². The number of fused-ring (bicyclic) bond motifs is 1. The molecule has 0 bridgehead atoms. The molecule has 1 amide bonds. The predicted molar refractivity (Wildman–Crippen MR) is 99.1 cm³/mol. The van der Waals surface area contributed by atoms with Gasteiger partial charge in [-0.15, -0.1) is 15.3 Å². The number of hydrogen-bond donors (Lipinski definition) is 1. The molecule has 0 radical (unpaired) electrons. The molecular formula is C16H15N9OS. The molecule has 11 heteroatoms. The number of nitrogens with one attached hydrogen (secondary N) is 1. The van der Waals surface area contributed by atoms with Crippen molar-refractivity contribution in [3.8, 4) is 11.3 Å². The minimum atomic E-state index is -0.141. The summed E-state index contributed by atoms with van der Waals surface area (Å²) in [7, 11) is 1.73. The van der Waals surface area contributed by atoms with E-state index in [4.69, 9.17) is 0 Å². The zero-order valence-corrected chi connectivity index (χ0v) is 15.4. The van der Waals surface area contributed by atoms with E-state index in [0.717, 1.165) is 11.3 Å². The minimum absolute atomic E-state index is 0.141. The Morgan fingerprint density at radius 2 is 2.07 bits per heavy atom. The Kier molecular flexibility index (Phi) is 4.50. The summed E-state index contributed by atoms with van der Waals surface area (Å²) in [4.78, 5) is 12.2. The van der Waals surface area contributed by atoms with Crippen molar-refractivity contribution in [2.45, 2.75) is 12.1 Å². The van der Waals surface area contributed by atoms with E-state index in [-0.39, 0.29) is 11.7 Å². The van der Waals surface area contributed by atoms with Crippen LogP contribution in [-0.2, 0) is 11.8 Å². The molecule has 3 aromatic heterocycles. The highest BCUT2D eigenvalue weighted by Crippen LogP contribution is 2.22. The molecule has 1 N–H and O–H groups in total. The van der Waals surface area contributed by atoms with Gasteiger partial charge in [-0.25, -0.2) is 4.68 Å². The van der Waals surface area contributed by atoms with E-state index in [1.807, 2.05) is 43.3 Å². The van der Waals surface area contributed by atoms with E-state index in [9.17, 15) is 4.79 Å². The molecule has 0 unspecified atom stereocenters. The van der Waals surface area contributed by atoms with Gasteiger partial charge in [0.05, 0.1) is 11.4 Å². The molecule has 0 aliphatic rings. The van der Waals surface area contributed by atoms with Gasteiger partial charge in [0.25, 0.3) is 0 Å². The third-order valence-electron chi connectivity index (χ3n) is 3.77. The molecule has 3 heterocycles. The Morgan fingerprint density at radius 1 is 1.19 bits per heavy atom. The van der Waals surface area contributed by atoms with Gasteiger partial charge >= 0.3 is 0 Å². The maximum absolute atomic E-state index is 12.2. The summed E-state index contributed by atoms with van der Waals surface area (Å²) in [5.41, 5.74) is 3.03. The van der Waals surface area contributed by atoms with Crippen LogP contribution in [0.3, 0.4) is 0 Å². The van der Waals surface area contributed by atoms with Gasteiger partial charge in [-0.3, -0.25) is 4.79 Å². The highest BCUT2D eigenvalue weighted by Gasteiger charge is 2.10. The van der Waals surface area contributed by atoms with Crippen LogP contribution in [0.4, 0.5) is 5.69 Å². The molecule has 0 aliphatic heterocycles. The van der Waals surface area contributed by atoms with E-state index in [1.54, 1.807) is 11.6 Å². The fraction of sp³-hybridized carbons (Fsp3) is 0.188. The molecule has 0 fully saturated rings. The van der Waals surface area contributed by atoms with Gasteiger partial charge in [-0.1, -0.05) is 23.9 Å². The normalized spacial score (nSPS) is 11.0. The van der Waals surface area contributed by atoms with Gasteiger partial charge in [0.15, 0.2) is 11.5 Å². The molecule has 136 valence electrons. The number of thioether (sulfide) groups is 1. The van der Waals surface area contributed by atoms with Crippen molar-refractivity contribution in [1.82, 2.24) is 40.0 Å². The van der Waals surface area contributed by atoms with E-state index in [1.165, 1.54) is 16.4 Å². The molecule has 10 nitrogen and oxygen atoms in total. The van der Waals surface area contributed by atoms with E-state index >= 15 is 0 Å². The van der Waals surface area contributed by atoms with Gasteiger partial charge in [-0.05, 0) is 41.6 Å². The first kappa shape index (κ1) is 17.1. The second-order valence-electron chi connectivity index (χ2n) is 5.74. The molecule has 27 heavy (non-hydrogen) atoms. The Bertz CT molecular complexity index is 1120. The Balaban J connectivity index is 1.49. The van der Waals surface area contributed by atoms with E-state index in [0.29, 0.717) is 22.3 Å². The number of carbonyl (C=O) groups excluding carboxylic acids is 1. The summed E-state index contributed by atoms with van der Waals surface area (Å²) < 4.78 is 3.21. The Labute approximate surface area is 158 Å². The lowest BCUT2D eigenvalue weighted by atomic mass is 10.1. The number of aryl methyl sites for hydroxylation is 2. The maximum atomic E-state index is 12.2. The average molecular weight is 381 g/mol. The first-order chi connectivity index (χ1) is 13.1. The highest BCUT2D eigenvalue weighted by molar-refractivity contribution is 7.99. The van der Waals surface area contributed by atoms with Gasteiger partial charge in [0.1, 0.15) is 0 Å². The highest BCUT2D eigenvalue weighted by atomic mass is 32.2. The number of aromatic nitrogens is 8. The summed E-state index contributed by atoms with van der Waals surface area (Å²) in [6.07, 6.45) is 0. The van der Waals surface area contributed by atoms with Gasteiger partial charge in [-0.2, -0.15) is 9.61 Å². The number of anilines is 1. The van der Waals surface area contributed by atoms with Crippen LogP contribution in [0.5, 0.6) is 0 Å². The van der Waals surface area contributed by atoms with Crippen LogP contribution in [0, 0.1) is 6.92 Å². The van der Waals surface area contributed by atoms with E-state index in [2.05, 4.69) is 36.1 Å². The number of hydrogen-bond acceptors (Lipinski definition) is 8. The lowest BCUT2D eigenvalue weighted by molar-refractivity contribution is -0.113. The molecule has 4 rings (SSSR count). The molecule has 0 saturated heterocycles. The minimum Gasteiger partial charge on any atom is -0.325 e. The van der Waals surface area contributed by atoms with Gasteiger partial charge in [0, 0.05) is 18.3 Å². The van der Waals surface area contributed by atoms with Crippen LogP contribution in [0.15, 0.2) is 41.6 Å². The third kappa shape index (κ3) is 3.62. The first-order valence-corrected chi connectivity index (χ1v) is 9.03. The Morgan fingerprint density at radius 3 is 2.89 bits per heavy atom. The fourth-order valence-corrected chi connectivity index (χ4v) is 3.13. The second kappa shape index (κ2) is 7.11. The summed E-state index contributed by atoms with van der Waals surface area (Å²) in [5.74, 6) is 0.785. The van der Waals surface area contributed by atoms with Crippen molar-refractivity contribution in [2.24, 2.45) is 7.05 Å². The molecule has 4 aromatic rings. The van der Waals surface area contributed by atoms with Crippen LogP contribution in [0.2, 0.25) is 0 Å². The van der Waals surface area contributed by atoms with Crippen LogP contribution in [0.25, 0.3) is 16.9 Å². The molecular weight excluding hydrogens is 366 g/mol. The summed E-state index contributed by atoms with van der Waals surface area (Å²) >= 11 is 1.27. The van der Waals surface area contributed by atoms with Crippen LogP contribution in [-0.4, -0.2) is 51.7 Å². The number of tetrazole rings is 1. The molecule has 0 saturated carbocycles. The largest absolute Gasteiger partial charge is 0.325 e. The van der Waals surface area contributed by atoms with Crippen LogP contribution in [0.1, 0.15) is 5.82 Å². The zero-order chi connectivity index (χ0) is 18.8. The molecule has 1 aromatic carbocycles. The summed E-state index contributed by atoms with van der Waals surface area (Å²) in [5, 5.41) is 27.2. The fourth-order valence-electron chi connectivity index (χ4n) is 2.48. The molecule has 0 aliphatic carbocycles. The number of benzene rings is 1. The average Bonchev–Trinajstić information content (AvgIpc) is 3.25. The SMILES string of the molecule is Cc1nnc2ccc(-c3cccc(NC(=O)CSc4nnnn4C)c3)nn12. The van der Waals surface area contributed by atoms with Crippen molar-refractivity contribution in [3.63, 3.8) is 0 Å². The number of carbonyl (C=O) groups is 1. The first-order valence-electron chi connectivity index (χ1n) is 8.04. The second-order valence-corrected chi connectivity index (χ2v) is 6.68. The Hall–Kier alpha value is -3.34. The molecule has 0 spiro atoms. The number of nitrogens with zero attached hydrogens (tertiary/aromatic N) is 8. The monoisotopic (exact) mass is 381 g/mol. The van der Waals surface area contributed by atoms with Crippen LogP contribution < -0.4 is 5.32 Å². The molecule has 0 atom stereocenters. The summed E-state index contributed by atoms with van der Waals surface area (Å²) in [6.45, 7) is 1.84. The summed E-state index contributed by atoms with van der Waals surface area (Å²) in [6, 6.07) is 11.2. The van der Waals surface area contributed by atoms with Crippen molar-refractivity contribution in [1.29, 1.82) is 0 Å². The standard InChI is InChI=1S/C16H15N9OS/c1-10-18-19-14-7-6-13(21-25(10)14)11-4-3-5-12(8-11)17-15(26)9-27-16-20-22-23-24(16)2/h3-8H,9H2,1-2H3,(H,17,26). The lowest BCUT2D eigenvalue weighted by Crippen LogP contribution is -2.14. The van der Waals surface area contributed by atoms with Crippen molar-refractivity contribution in [3.05, 3.63) is 42.2 Å². The van der Waals surface area contributed by atoms with E-state index < -0.39 is 0 Å². The topological polar surface area (TPSA) is 116 Å². The van der Waals surface area contributed by atoms with Crippen molar-refractivity contribution < 1.29 is 4.79 Å². The quantitative estimate of drug-likeness (QED) is 0.515. The van der Waals surface area contributed by atoms with Gasteiger partial charge in [0.2, 0.25) is 11.1 Å². The number of rotatable bonds is 5. The van der Waals surface area contributed by atoms with Gasteiger partial charge < -0.3 is 5.32 Å².